The van der Waals surface area contributed by atoms with Crippen molar-refractivity contribution >= 4 is 5.70 Å². The van der Waals surface area contributed by atoms with Gasteiger partial charge in [0.05, 0.1) is 11.8 Å². The van der Waals surface area contributed by atoms with Gasteiger partial charge in [0, 0.05) is 24.2 Å². The van der Waals surface area contributed by atoms with E-state index >= 15 is 0 Å². The standard InChI is InChI=1S/C24H33NO2/c1-15-12-16-13-17(26)6-8-23(16,2)18-7-9-24(3)19(21(15)18)14-20(27)22(24)25-10-4-5-11-25/h4-5,10-12,15,17-19,21,26-27H,6-9,13-14H2,1-3H3/t15-,17-,18-,19-,21+,23-,24-/m0/s1. The molecule has 7 atom stereocenters. The SMILES string of the molecule is C[C@H]1C=C2C[C@@H](O)CC[C@]2(C)[C@H]2CC[C@]3(C)C(n4cccc4)=C(O)C[C@H]3[C@H]12. The first kappa shape index (κ1) is 17.6. The van der Waals surface area contributed by atoms with Crippen LogP contribution in [0.25, 0.3) is 5.70 Å². The zero-order chi connectivity index (χ0) is 19.0. The molecule has 0 saturated heterocycles. The second-order valence-corrected chi connectivity index (χ2v) is 10.2. The summed E-state index contributed by atoms with van der Waals surface area (Å²) in [6.45, 7) is 7.24. The summed E-state index contributed by atoms with van der Waals surface area (Å²) in [7, 11) is 0. The van der Waals surface area contributed by atoms with Gasteiger partial charge in [0.2, 0.25) is 0 Å². The minimum absolute atomic E-state index is 0.0500. The number of aliphatic hydroxyl groups excluding tert-OH is 2. The van der Waals surface area contributed by atoms with Crippen LogP contribution in [0.4, 0.5) is 0 Å². The lowest BCUT2D eigenvalue weighted by molar-refractivity contribution is -0.0447. The monoisotopic (exact) mass is 367 g/mol. The zero-order valence-corrected chi connectivity index (χ0v) is 16.9. The molecule has 146 valence electrons. The van der Waals surface area contributed by atoms with Crippen molar-refractivity contribution in [1.29, 1.82) is 0 Å². The van der Waals surface area contributed by atoms with Crippen LogP contribution in [0.5, 0.6) is 0 Å². The number of allylic oxidation sites excluding steroid dienone is 3. The Kier molecular flexibility index (Phi) is 3.76. The number of rotatable bonds is 1. The normalized spacial score (nSPS) is 46.5. The fourth-order valence-corrected chi connectivity index (χ4v) is 7.56. The van der Waals surface area contributed by atoms with Gasteiger partial charge in [-0.2, -0.15) is 0 Å². The maximum absolute atomic E-state index is 11.0. The van der Waals surface area contributed by atoms with Crippen molar-refractivity contribution in [2.75, 3.05) is 0 Å². The second-order valence-electron chi connectivity index (χ2n) is 10.2. The van der Waals surface area contributed by atoms with Crippen LogP contribution in [0.2, 0.25) is 0 Å². The third kappa shape index (κ3) is 2.30. The van der Waals surface area contributed by atoms with Crippen molar-refractivity contribution in [2.24, 2.45) is 34.5 Å². The molecule has 4 aliphatic carbocycles. The maximum atomic E-state index is 11.0. The molecular weight excluding hydrogens is 334 g/mol. The Hall–Kier alpha value is -1.48. The molecule has 0 aliphatic heterocycles. The molecule has 4 aliphatic rings. The van der Waals surface area contributed by atoms with Gasteiger partial charge in [-0.3, -0.25) is 0 Å². The summed E-state index contributed by atoms with van der Waals surface area (Å²) in [5.41, 5.74) is 2.94. The van der Waals surface area contributed by atoms with Crippen molar-refractivity contribution in [3.8, 4) is 0 Å². The van der Waals surface area contributed by atoms with Crippen molar-refractivity contribution in [2.45, 2.75) is 65.4 Å². The van der Waals surface area contributed by atoms with Crippen molar-refractivity contribution in [3.63, 3.8) is 0 Å². The largest absolute Gasteiger partial charge is 0.510 e. The van der Waals surface area contributed by atoms with Crippen LogP contribution in [-0.2, 0) is 0 Å². The van der Waals surface area contributed by atoms with E-state index < -0.39 is 0 Å². The topological polar surface area (TPSA) is 45.4 Å². The molecule has 2 fully saturated rings. The molecule has 0 bridgehead atoms. The van der Waals surface area contributed by atoms with Crippen molar-refractivity contribution in [1.82, 2.24) is 4.57 Å². The van der Waals surface area contributed by atoms with E-state index in [0.29, 0.717) is 29.4 Å². The van der Waals surface area contributed by atoms with Gasteiger partial charge in [0.15, 0.2) is 0 Å². The molecule has 2 N–H and O–H groups in total. The quantitative estimate of drug-likeness (QED) is 0.653. The lowest BCUT2D eigenvalue weighted by Crippen LogP contribution is -2.52. The van der Waals surface area contributed by atoms with Gasteiger partial charge in [-0.1, -0.05) is 32.4 Å². The summed E-state index contributed by atoms with van der Waals surface area (Å²) in [5, 5.41) is 21.2. The fourth-order valence-electron chi connectivity index (χ4n) is 7.56. The van der Waals surface area contributed by atoms with Crippen LogP contribution >= 0.6 is 0 Å². The fraction of sp³-hybridized carbons (Fsp3) is 0.667. The molecular formula is C24H33NO2. The molecule has 0 spiro atoms. The maximum Gasteiger partial charge on any atom is 0.113 e. The number of aromatic nitrogens is 1. The first-order valence-electron chi connectivity index (χ1n) is 10.8. The van der Waals surface area contributed by atoms with E-state index in [1.54, 1.807) is 0 Å². The van der Waals surface area contributed by atoms with Crippen LogP contribution in [0, 0.1) is 34.5 Å². The third-order valence-corrected chi connectivity index (χ3v) is 8.89. The van der Waals surface area contributed by atoms with Crippen LogP contribution in [0.1, 0.15) is 59.3 Å². The molecule has 3 nitrogen and oxygen atoms in total. The molecule has 2 saturated carbocycles. The number of fused-ring (bicyclic) bond motifs is 5. The van der Waals surface area contributed by atoms with Gasteiger partial charge in [-0.25, -0.2) is 0 Å². The molecule has 1 aromatic heterocycles. The first-order valence-corrected chi connectivity index (χ1v) is 10.8. The molecule has 0 amide bonds. The number of aliphatic hydroxyl groups is 2. The Morgan fingerprint density at radius 3 is 2.44 bits per heavy atom. The highest BCUT2D eigenvalue weighted by Crippen LogP contribution is 2.67. The highest BCUT2D eigenvalue weighted by Gasteiger charge is 2.60. The van der Waals surface area contributed by atoms with Crippen LogP contribution < -0.4 is 0 Å². The van der Waals surface area contributed by atoms with Gasteiger partial charge in [0.1, 0.15) is 5.76 Å². The van der Waals surface area contributed by atoms with E-state index in [1.807, 2.05) is 0 Å². The minimum Gasteiger partial charge on any atom is -0.510 e. The van der Waals surface area contributed by atoms with Crippen molar-refractivity contribution < 1.29 is 10.2 Å². The Morgan fingerprint density at radius 2 is 1.70 bits per heavy atom. The lowest BCUT2D eigenvalue weighted by Gasteiger charge is -2.59. The predicted molar refractivity (Wildman–Crippen MR) is 108 cm³/mol. The Bertz CT molecular complexity index is 806. The highest BCUT2D eigenvalue weighted by atomic mass is 16.3. The summed E-state index contributed by atoms with van der Waals surface area (Å²) in [6.07, 6.45) is 12.6. The summed E-state index contributed by atoms with van der Waals surface area (Å²) < 4.78 is 2.16. The summed E-state index contributed by atoms with van der Waals surface area (Å²) in [5.74, 6) is 2.92. The highest BCUT2D eigenvalue weighted by molar-refractivity contribution is 5.59. The number of hydrogen-bond donors (Lipinski definition) is 2. The molecule has 0 unspecified atom stereocenters. The summed E-state index contributed by atoms with van der Waals surface area (Å²) in [6, 6.07) is 4.10. The van der Waals surface area contributed by atoms with E-state index in [9.17, 15) is 10.2 Å². The van der Waals surface area contributed by atoms with E-state index in [-0.39, 0.29) is 16.9 Å². The predicted octanol–water partition coefficient (Wildman–Crippen LogP) is 5.39. The average molecular weight is 368 g/mol. The smallest absolute Gasteiger partial charge is 0.113 e. The second kappa shape index (κ2) is 5.76. The van der Waals surface area contributed by atoms with E-state index in [2.05, 4.69) is 55.9 Å². The van der Waals surface area contributed by atoms with Gasteiger partial charge in [-0.05, 0) is 73.3 Å². The average Bonchev–Trinajstić information content (AvgIpc) is 3.21. The van der Waals surface area contributed by atoms with Crippen LogP contribution in [0.15, 0.2) is 41.9 Å². The first-order chi connectivity index (χ1) is 12.8. The molecule has 3 heteroatoms. The van der Waals surface area contributed by atoms with Gasteiger partial charge in [0.25, 0.3) is 0 Å². The minimum atomic E-state index is -0.153. The third-order valence-electron chi connectivity index (χ3n) is 8.89. The lowest BCUT2D eigenvalue weighted by atomic mass is 9.46. The zero-order valence-electron chi connectivity index (χ0n) is 16.9. The molecule has 27 heavy (non-hydrogen) atoms. The molecule has 5 rings (SSSR count). The van der Waals surface area contributed by atoms with Crippen LogP contribution in [0.3, 0.4) is 0 Å². The Morgan fingerprint density at radius 1 is 1.00 bits per heavy atom. The van der Waals surface area contributed by atoms with Gasteiger partial charge < -0.3 is 14.8 Å². The van der Waals surface area contributed by atoms with E-state index in [4.69, 9.17) is 0 Å². The number of hydrogen-bond acceptors (Lipinski definition) is 2. The van der Waals surface area contributed by atoms with Crippen molar-refractivity contribution in [3.05, 3.63) is 41.9 Å². The van der Waals surface area contributed by atoms with Gasteiger partial charge in [-0.15, -0.1) is 0 Å². The van der Waals surface area contributed by atoms with E-state index in [0.717, 1.165) is 37.8 Å². The summed E-state index contributed by atoms with van der Waals surface area (Å²) in [4.78, 5) is 0. The van der Waals surface area contributed by atoms with Crippen LogP contribution in [-0.4, -0.2) is 20.9 Å². The van der Waals surface area contributed by atoms with Gasteiger partial charge >= 0.3 is 0 Å². The molecule has 0 radical (unpaired) electrons. The summed E-state index contributed by atoms with van der Waals surface area (Å²) >= 11 is 0. The molecule has 1 aromatic rings. The Labute approximate surface area is 162 Å². The molecule has 0 aromatic carbocycles. The van der Waals surface area contributed by atoms with E-state index in [1.165, 1.54) is 12.0 Å². The Balaban J connectivity index is 1.55. The number of nitrogens with zero attached hydrogens (tertiary/aromatic N) is 1. The molecule has 1 heterocycles.